The highest BCUT2D eigenvalue weighted by Gasteiger charge is 2.21. The summed E-state index contributed by atoms with van der Waals surface area (Å²) in [6.45, 7) is 12.6. The Morgan fingerprint density at radius 3 is 2.92 bits per heavy atom. The third-order valence-corrected chi connectivity index (χ3v) is 3.66. The predicted molar refractivity (Wildman–Crippen MR) is 108 cm³/mol. The van der Waals surface area contributed by atoms with Gasteiger partial charge in [0.05, 0.1) is 19.0 Å². The van der Waals surface area contributed by atoms with Gasteiger partial charge in [0.1, 0.15) is 12.3 Å². The molecular formula is C17H31IN4O2. The summed E-state index contributed by atoms with van der Waals surface area (Å²) >= 11 is 0. The molecular weight excluding hydrogens is 419 g/mol. The summed E-state index contributed by atoms with van der Waals surface area (Å²) in [5.74, 6) is 2.35. The van der Waals surface area contributed by atoms with Crippen LogP contribution in [-0.4, -0.2) is 56.3 Å². The van der Waals surface area contributed by atoms with Gasteiger partial charge in [0, 0.05) is 32.7 Å². The molecule has 6 nitrogen and oxygen atoms in total. The maximum atomic E-state index is 5.86. The molecule has 138 valence electrons. The summed E-state index contributed by atoms with van der Waals surface area (Å²) in [5.41, 5.74) is 0. The molecule has 1 aliphatic heterocycles. The van der Waals surface area contributed by atoms with Crippen LogP contribution in [0.25, 0.3) is 0 Å². The van der Waals surface area contributed by atoms with Crippen LogP contribution in [0, 0.1) is 5.92 Å². The Kier molecular flexibility index (Phi) is 10.4. The molecule has 24 heavy (non-hydrogen) atoms. The van der Waals surface area contributed by atoms with Crippen molar-refractivity contribution in [1.29, 1.82) is 0 Å². The van der Waals surface area contributed by atoms with Crippen molar-refractivity contribution in [3.8, 4) is 0 Å². The van der Waals surface area contributed by atoms with E-state index in [2.05, 4.69) is 41.3 Å². The van der Waals surface area contributed by atoms with Gasteiger partial charge in [0.15, 0.2) is 5.96 Å². The van der Waals surface area contributed by atoms with Crippen LogP contribution >= 0.6 is 24.0 Å². The maximum absolute atomic E-state index is 5.86. The smallest absolute Gasteiger partial charge is 0.191 e. The van der Waals surface area contributed by atoms with Crippen molar-refractivity contribution in [2.45, 2.75) is 33.4 Å². The van der Waals surface area contributed by atoms with E-state index >= 15 is 0 Å². The zero-order chi connectivity index (χ0) is 16.5. The van der Waals surface area contributed by atoms with Crippen LogP contribution in [-0.2, 0) is 11.3 Å². The third kappa shape index (κ3) is 7.85. The Labute approximate surface area is 162 Å². The van der Waals surface area contributed by atoms with Gasteiger partial charge in [-0.1, -0.05) is 13.8 Å². The summed E-state index contributed by atoms with van der Waals surface area (Å²) in [5, 5.41) is 6.63. The van der Waals surface area contributed by atoms with Gasteiger partial charge in [0.2, 0.25) is 0 Å². The lowest BCUT2D eigenvalue weighted by atomic mass is 10.2. The lowest BCUT2D eigenvalue weighted by Crippen LogP contribution is -2.50. The van der Waals surface area contributed by atoms with E-state index in [1.165, 1.54) is 0 Å². The molecule has 0 saturated carbocycles. The predicted octanol–water partition coefficient (Wildman–Crippen LogP) is 2.31. The van der Waals surface area contributed by atoms with Gasteiger partial charge in [-0.05, 0) is 25.0 Å². The molecule has 1 saturated heterocycles. The Morgan fingerprint density at radius 1 is 1.42 bits per heavy atom. The largest absolute Gasteiger partial charge is 0.467 e. The van der Waals surface area contributed by atoms with Crippen LogP contribution in [0.2, 0.25) is 0 Å². The Bertz CT molecular complexity index is 465. The Balaban J connectivity index is 0.00000288. The second-order valence-corrected chi connectivity index (χ2v) is 6.30. The standard InChI is InChI=1S/C17H30N4O2.HI/c1-4-18-17(19-10-15-6-5-8-22-15)20-11-16-13-21(7-9-23-16)12-14(2)3;/h5-6,8,14,16H,4,7,9-13H2,1-3H3,(H2,18,19,20);1H. The molecule has 0 spiro atoms. The van der Waals surface area contributed by atoms with Crippen molar-refractivity contribution in [3.05, 3.63) is 24.2 Å². The first-order chi connectivity index (χ1) is 11.2. The van der Waals surface area contributed by atoms with Crippen LogP contribution in [0.4, 0.5) is 0 Å². The number of rotatable bonds is 7. The number of nitrogens with one attached hydrogen (secondary N) is 2. The van der Waals surface area contributed by atoms with E-state index in [0.717, 1.165) is 51.1 Å². The molecule has 2 rings (SSSR count). The van der Waals surface area contributed by atoms with Crippen LogP contribution in [0.15, 0.2) is 27.8 Å². The van der Waals surface area contributed by atoms with Gasteiger partial charge in [-0.15, -0.1) is 24.0 Å². The second kappa shape index (κ2) is 11.7. The summed E-state index contributed by atoms with van der Waals surface area (Å²) < 4.78 is 11.2. The first-order valence-electron chi connectivity index (χ1n) is 8.56. The quantitative estimate of drug-likeness (QED) is 0.379. The SMILES string of the molecule is CCNC(=NCc1ccco1)NCC1CN(CC(C)C)CCO1.I. The number of hydrogen-bond donors (Lipinski definition) is 2. The van der Waals surface area contributed by atoms with E-state index in [1.54, 1.807) is 6.26 Å². The van der Waals surface area contributed by atoms with Crippen molar-refractivity contribution in [2.75, 3.05) is 39.3 Å². The highest BCUT2D eigenvalue weighted by molar-refractivity contribution is 14.0. The minimum atomic E-state index is 0. The number of nitrogens with zero attached hydrogens (tertiary/aromatic N) is 2. The number of ether oxygens (including phenoxy) is 1. The van der Waals surface area contributed by atoms with Crippen molar-refractivity contribution in [3.63, 3.8) is 0 Å². The summed E-state index contributed by atoms with van der Waals surface area (Å²) in [7, 11) is 0. The zero-order valence-electron chi connectivity index (χ0n) is 15.0. The molecule has 0 aromatic carbocycles. The number of aliphatic imine (C=N–C) groups is 1. The van der Waals surface area contributed by atoms with Crippen LogP contribution in [0.5, 0.6) is 0 Å². The first-order valence-corrected chi connectivity index (χ1v) is 8.56. The summed E-state index contributed by atoms with van der Waals surface area (Å²) in [4.78, 5) is 7.02. The Hall–Kier alpha value is -0.800. The van der Waals surface area contributed by atoms with Gasteiger partial charge in [-0.2, -0.15) is 0 Å². The lowest BCUT2D eigenvalue weighted by Gasteiger charge is -2.34. The highest BCUT2D eigenvalue weighted by Crippen LogP contribution is 2.07. The van der Waals surface area contributed by atoms with E-state index in [0.29, 0.717) is 12.5 Å². The average molecular weight is 450 g/mol. The first kappa shape index (κ1) is 21.2. The van der Waals surface area contributed by atoms with Crippen LogP contribution in [0.3, 0.4) is 0 Å². The van der Waals surface area contributed by atoms with E-state index in [1.807, 2.05) is 12.1 Å². The number of morpholine rings is 1. The molecule has 1 unspecified atom stereocenters. The van der Waals surface area contributed by atoms with Gasteiger partial charge in [0.25, 0.3) is 0 Å². The molecule has 0 radical (unpaired) electrons. The number of furan rings is 1. The normalized spacial score (nSPS) is 19.2. The summed E-state index contributed by atoms with van der Waals surface area (Å²) in [6, 6.07) is 3.81. The molecule has 1 aliphatic rings. The molecule has 2 N–H and O–H groups in total. The minimum absolute atomic E-state index is 0. The van der Waals surface area contributed by atoms with Crippen molar-refractivity contribution in [1.82, 2.24) is 15.5 Å². The van der Waals surface area contributed by atoms with Gasteiger partial charge in [-0.3, -0.25) is 4.90 Å². The molecule has 1 aromatic rings. The van der Waals surface area contributed by atoms with E-state index in [9.17, 15) is 0 Å². The monoisotopic (exact) mass is 450 g/mol. The molecule has 2 heterocycles. The second-order valence-electron chi connectivity index (χ2n) is 6.30. The van der Waals surface area contributed by atoms with Gasteiger partial charge in [-0.25, -0.2) is 4.99 Å². The molecule has 0 aliphatic carbocycles. The fourth-order valence-corrected chi connectivity index (χ4v) is 2.70. The molecule has 0 amide bonds. The van der Waals surface area contributed by atoms with E-state index in [-0.39, 0.29) is 30.1 Å². The average Bonchev–Trinajstić information content (AvgIpc) is 3.03. The molecule has 1 aromatic heterocycles. The molecule has 7 heteroatoms. The van der Waals surface area contributed by atoms with E-state index in [4.69, 9.17) is 9.15 Å². The van der Waals surface area contributed by atoms with Crippen LogP contribution < -0.4 is 10.6 Å². The topological polar surface area (TPSA) is 62.0 Å². The molecule has 1 atom stereocenters. The summed E-state index contributed by atoms with van der Waals surface area (Å²) in [6.07, 6.45) is 1.87. The van der Waals surface area contributed by atoms with Crippen molar-refractivity contribution < 1.29 is 9.15 Å². The maximum Gasteiger partial charge on any atom is 0.191 e. The van der Waals surface area contributed by atoms with Gasteiger partial charge < -0.3 is 19.8 Å². The zero-order valence-corrected chi connectivity index (χ0v) is 17.3. The minimum Gasteiger partial charge on any atom is -0.467 e. The third-order valence-electron chi connectivity index (χ3n) is 3.66. The fraction of sp³-hybridized carbons (Fsp3) is 0.706. The highest BCUT2D eigenvalue weighted by atomic mass is 127. The number of halogens is 1. The molecule has 1 fully saturated rings. The molecule has 0 bridgehead atoms. The fourth-order valence-electron chi connectivity index (χ4n) is 2.70. The number of hydrogen-bond acceptors (Lipinski definition) is 4. The van der Waals surface area contributed by atoms with Crippen molar-refractivity contribution in [2.24, 2.45) is 10.9 Å². The Morgan fingerprint density at radius 2 is 2.25 bits per heavy atom. The van der Waals surface area contributed by atoms with E-state index < -0.39 is 0 Å². The van der Waals surface area contributed by atoms with Gasteiger partial charge >= 0.3 is 0 Å². The van der Waals surface area contributed by atoms with Crippen molar-refractivity contribution >= 4 is 29.9 Å². The lowest BCUT2D eigenvalue weighted by molar-refractivity contribution is -0.0284. The van der Waals surface area contributed by atoms with Crippen LogP contribution in [0.1, 0.15) is 26.5 Å². The number of guanidine groups is 1.